The topological polar surface area (TPSA) is 30.0 Å². The minimum atomic E-state index is 0.0902. The number of halogens is 1. The molecule has 0 unspecified atom stereocenters. The molecule has 0 radical (unpaired) electrons. The fraction of sp³-hybridized carbons (Fsp3) is 0.200. The van der Waals surface area contributed by atoms with Crippen molar-refractivity contribution in [2.45, 2.75) is 20.3 Å². The summed E-state index contributed by atoms with van der Waals surface area (Å²) in [6.45, 7) is 3.95. The number of carbonyl (C=O) groups excluding carboxylic acids is 1. The van der Waals surface area contributed by atoms with Crippen LogP contribution in [0.2, 0.25) is 0 Å². The minimum absolute atomic E-state index is 0.0902. The number of hydrogen-bond donors (Lipinski definition) is 0. The molecule has 0 saturated heterocycles. The predicted molar refractivity (Wildman–Crippen MR) is 75.9 cm³/mol. The third kappa shape index (κ3) is 2.67. The van der Waals surface area contributed by atoms with Gasteiger partial charge in [-0.2, -0.15) is 0 Å². The van der Waals surface area contributed by atoms with Gasteiger partial charge in [0.2, 0.25) is 0 Å². The molecule has 3 heteroatoms. The van der Waals surface area contributed by atoms with E-state index in [1.807, 2.05) is 44.2 Å². The van der Waals surface area contributed by atoms with E-state index >= 15 is 0 Å². The second-order valence-corrected chi connectivity index (χ2v) is 5.10. The van der Waals surface area contributed by atoms with E-state index in [-0.39, 0.29) is 5.78 Å². The van der Waals surface area contributed by atoms with Gasteiger partial charge in [-0.25, -0.2) is 0 Å². The molecule has 18 heavy (non-hydrogen) atoms. The molecule has 0 spiro atoms. The Morgan fingerprint density at radius 3 is 2.61 bits per heavy atom. The van der Waals surface area contributed by atoms with E-state index in [0.29, 0.717) is 6.42 Å². The maximum Gasteiger partial charge on any atom is 0.169 e. The zero-order valence-corrected chi connectivity index (χ0v) is 12.0. The number of aryl methyl sites for hydroxylation is 2. The van der Waals surface area contributed by atoms with Gasteiger partial charge in [0, 0.05) is 16.2 Å². The quantitative estimate of drug-likeness (QED) is 0.805. The van der Waals surface area contributed by atoms with Gasteiger partial charge in [0.05, 0.1) is 12.1 Å². The average molecular weight is 304 g/mol. The number of aromatic nitrogens is 1. The zero-order chi connectivity index (χ0) is 13.1. The van der Waals surface area contributed by atoms with Gasteiger partial charge in [0.1, 0.15) is 0 Å². The van der Waals surface area contributed by atoms with Crippen molar-refractivity contribution in [1.29, 1.82) is 0 Å². The molecule has 1 heterocycles. The lowest BCUT2D eigenvalue weighted by Gasteiger charge is -2.07. The minimum Gasteiger partial charge on any atom is -0.294 e. The Labute approximate surface area is 115 Å². The first-order valence-corrected chi connectivity index (χ1v) is 6.57. The Bertz CT molecular complexity index is 593. The Kier molecular flexibility index (Phi) is 3.92. The van der Waals surface area contributed by atoms with Crippen molar-refractivity contribution in [2.75, 3.05) is 0 Å². The standard InChI is InChI=1S/C15H14BrNO/c1-10-6-4-8-17-13(10)9-14(18)12-7-3-5-11(2)15(12)16/h3-8H,9H2,1-2H3. The molecule has 0 amide bonds. The number of Topliss-reactive ketones (excluding diaryl/α,β-unsaturated/α-hetero) is 1. The molecule has 2 nitrogen and oxygen atoms in total. The first-order chi connectivity index (χ1) is 8.59. The summed E-state index contributed by atoms with van der Waals surface area (Å²) in [7, 11) is 0. The highest BCUT2D eigenvalue weighted by Crippen LogP contribution is 2.22. The first-order valence-electron chi connectivity index (χ1n) is 5.78. The molecule has 92 valence electrons. The number of nitrogens with zero attached hydrogens (tertiary/aromatic N) is 1. The van der Waals surface area contributed by atoms with Crippen LogP contribution in [-0.4, -0.2) is 10.8 Å². The van der Waals surface area contributed by atoms with Gasteiger partial charge in [0.25, 0.3) is 0 Å². The van der Waals surface area contributed by atoms with Gasteiger partial charge in [-0.1, -0.05) is 24.3 Å². The van der Waals surface area contributed by atoms with E-state index in [1.165, 1.54) is 0 Å². The average Bonchev–Trinajstić information content (AvgIpc) is 2.35. The fourth-order valence-corrected chi connectivity index (χ4v) is 2.30. The third-order valence-electron chi connectivity index (χ3n) is 2.94. The molecule has 2 rings (SSSR count). The molecule has 1 aromatic carbocycles. The van der Waals surface area contributed by atoms with Crippen LogP contribution in [0.25, 0.3) is 0 Å². The molecule has 0 aliphatic heterocycles. The number of carbonyl (C=O) groups is 1. The highest BCUT2D eigenvalue weighted by atomic mass is 79.9. The van der Waals surface area contributed by atoms with Crippen molar-refractivity contribution >= 4 is 21.7 Å². The molecule has 0 fully saturated rings. The van der Waals surface area contributed by atoms with E-state index in [0.717, 1.165) is 26.9 Å². The molecule has 0 N–H and O–H groups in total. The van der Waals surface area contributed by atoms with Crippen molar-refractivity contribution in [3.8, 4) is 0 Å². The first kappa shape index (κ1) is 13.0. The van der Waals surface area contributed by atoms with E-state index in [9.17, 15) is 4.79 Å². The molecular formula is C15H14BrNO. The monoisotopic (exact) mass is 303 g/mol. The van der Waals surface area contributed by atoms with Gasteiger partial charge in [-0.3, -0.25) is 9.78 Å². The zero-order valence-electron chi connectivity index (χ0n) is 10.4. The summed E-state index contributed by atoms with van der Waals surface area (Å²) in [4.78, 5) is 16.5. The van der Waals surface area contributed by atoms with Crippen LogP contribution in [-0.2, 0) is 6.42 Å². The number of ketones is 1. The van der Waals surface area contributed by atoms with Crippen LogP contribution in [0.3, 0.4) is 0 Å². The smallest absolute Gasteiger partial charge is 0.169 e. The highest BCUT2D eigenvalue weighted by Gasteiger charge is 2.13. The van der Waals surface area contributed by atoms with Crippen molar-refractivity contribution in [1.82, 2.24) is 4.98 Å². The molecule has 0 aliphatic carbocycles. The summed E-state index contributed by atoms with van der Waals surface area (Å²) in [6, 6.07) is 9.58. The lowest BCUT2D eigenvalue weighted by Crippen LogP contribution is -2.07. The van der Waals surface area contributed by atoms with Crippen LogP contribution in [0.1, 0.15) is 27.2 Å². The lowest BCUT2D eigenvalue weighted by molar-refractivity contribution is 0.0991. The Hall–Kier alpha value is -1.48. The van der Waals surface area contributed by atoms with Crippen LogP contribution in [0, 0.1) is 13.8 Å². The molecule has 1 aromatic heterocycles. The van der Waals surface area contributed by atoms with Crippen LogP contribution in [0.4, 0.5) is 0 Å². The molecule has 2 aromatic rings. The largest absolute Gasteiger partial charge is 0.294 e. The van der Waals surface area contributed by atoms with Crippen LogP contribution in [0.5, 0.6) is 0 Å². The maximum atomic E-state index is 12.3. The Morgan fingerprint density at radius 2 is 1.89 bits per heavy atom. The summed E-state index contributed by atoms with van der Waals surface area (Å²) in [5.41, 5.74) is 3.68. The van der Waals surface area contributed by atoms with E-state index in [2.05, 4.69) is 20.9 Å². The number of rotatable bonds is 3. The van der Waals surface area contributed by atoms with Crippen molar-refractivity contribution in [3.05, 3.63) is 63.4 Å². The van der Waals surface area contributed by atoms with Gasteiger partial charge in [-0.05, 0) is 47.0 Å². The van der Waals surface area contributed by atoms with Crippen LogP contribution < -0.4 is 0 Å². The number of pyridine rings is 1. The molecular weight excluding hydrogens is 290 g/mol. The fourth-order valence-electron chi connectivity index (χ4n) is 1.81. The summed E-state index contributed by atoms with van der Waals surface area (Å²) in [5.74, 6) is 0.0902. The molecule has 0 aliphatic rings. The van der Waals surface area contributed by atoms with Gasteiger partial charge >= 0.3 is 0 Å². The van der Waals surface area contributed by atoms with Crippen molar-refractivity contribution in [3.63, 3.8) is 0 Å². The second-order valence-electron chi connectivity index (χ2n) is 4.30. The summed E-state index contributed by atoms with van der Waals surface area (Å²) < 4.78 is 0.878. The second kappa shape index (κ2) is 5.44. The SMILES string of the molecule is Cc1cccnc1CC(=O)c1cccc(C)c1Br. The van der Waals surface area contributed by atoms with Gasteiger partial charge in [-0.15, -0.1) is 0 Å². The van der Waals surface area contributed by atoms with Gasteiger partial charge in [0.15, 0.2) is 5.78 Å². The molecule has 0 bridgehead atoms. The highest BCUT2D eigenvalue weighted by molar-refractivity contribution is 9.10. The molecule has 0 atom stereocenters. The van der Waals surface area contributed by atoms with Crippen LogP contribution >= 0.6 is 15.9 Å². The number of hydrogen-bond acceptors (Lipinski definition) is 2. The van der Waals surface area contributed by atoms with Gasteiger partial charge < -0.3 is 0 Å². The normalized spacial score (nSPS) is 10.4. The van der Waals surface area contributed by atoms with Crippen LogP contribution in [0.15, 0.2) is 41.0 Å². The summed E-state index contributed by atoms with van der Waals surface area (Å²) >= 11 is 3.47. The molecule has 0 saturated carbocycles. The lowest BCUT2D eigenvalue weighted by atomic mass is 10.0. The summed E-state index contributed by atoms with van der Waals surface area (Å²) in [5, 5.41) is 0. The Balaban J connectivity index is 2.28. The number of benzene rings is 1. The third-order valence-corrected chi connectivity index (χ3v) is 3.99. The van der Waals surface area contributed by atoms with Crippen molar-refractivity contribution in [2.24, 2.45) is 0 Å². The van der Waals surface area contributed by atoms with Crippen molar-refractivity contribution < 1.29 is 4.79 Å². The van der Waals surface area contributed by atoms with E-state index < -0.39 is 0 Å². The van der Waals surface area contributed by atoms with E-state index in [1.54, 1.807) is 6.20 Å². The maximum absolute atomic E-state index is 12.3. The predicted octanol–water partition coefficient (Wildman–Crippen LogP) is 3.89. The van der Waals surface area contributed by atoms with E-state index in [4.69, 9.17) is 0 Å². The summed E-state index contributed by atoms with van der Waals surface area (Å²) in [6.07, 6.45) is 2.07. The Morgan fingerprint density at radius 1 is 1.17 bits per heavy atom.